The van der Waals surface area contributed by atoms with E-state index in [-0.39, 0.29) is 0 Å². The molecule has 1 N–H and O–H groups in total. The van der Waals surface area contributed by atoms with Crippen molar-refractivity contribution in [1.82, 2.24) is 15.1 Å². The Labute approximate surface area is 129 Å². The van der Waals surface area contributed by atoms with Gasteiger partial charge in [0.1, 0.15) is 0 Å². The fourth-order valence-electron chi connectivity index (χ4n) is 2.28. The maximum absolute atomic E-state index is 3.29. The van der Waals surface area contributed by atoms with Gasteiger partial charge in [0, 0.05) is 32.7 Å². The van der Waals surface area contributed by atoms with Crippen LogP contribution < -0.4 is 5.32 Å². The Morgan fingerprint density at radius 1 is 0.900 bits per heavy atom. The topological polar surface area (TPSA) is 18.5 Å². The summed E-state index contributed by atoms with van der Waals surface area (Å²) in [5.74, 6) is 0.822. The van der Waals surface area contributed by atoms with Gasteiger partial charge >= 0.3 is 0 Å². The van der Waals surface area contributed by atoms with E-state index >= 15 is 0 Å². The van der Waals surface area contributed by atoms with Crippen LogP contribution >= 0.6 is 0 Å². The maximum Gasteiger partial charge on any atom is 0.0110 e. The van der Waals surface area contributed by atoms with E-state index in [0.717, 1.165) is 12.5 Å². The van der Waals surface area contributed by atoms with Gasteiger partial charge in [0.25, 0.3) is 0 Å². The Morgan fingerprint density at radius 3 is 1.70 bits per heavy atom. The summed E-state index contributed by atoms with van der Waals surface area (Å²) in [4.78, 5) is 5.16. The smallest absolute Gasteiger partial charge is 0.0110 e. The lowest BCUT2D eigenvalue weighted by atomic mass is 10.1. The average molecular weight is 288 g/mol. The number of nitrogens with zero attached hydrogens (tertiary/aromatic N) is 2. The van der Waals surface area contributed by atoms with E-state index in [2.05, 4.69) is 49.9 Å². The van der Waals surface area contributed by atoms with Gasteiger partial charge in [-0.05, 0) is 26.1 Å². The van der Waals surface area contributed by atoms with Crippen LogP contribution in [-0.4, -0.2) is 62.7 Å². The van der Waals surface area contributed by atoms with E-state index in [9.17, 15) is 0 Å². The standard InChI is InChI=1S/C12H27N3.C3H8.C2H6/c1-4-12(10-13-3)11-15-8-6-14(5-2)7-9-15;1-3-2;1-2/h12-13H,4-11H2,1-3H3;3H2,1-2H3;1-2H3/t12-;;/m0../s1. The van der Waals surface area contributed by atoms with Crippen molar-refractivity contribution < 1.29 is 0 Å². The van der Waals surface area contributed by atoms with Gasteiger partial charge in [-0.1, -0.05) is 54.4 Å². The first-order valence-corrected chi connectivity index (χ1v) is 8.80. The molecule has 0 aromatic carbocycles. The summed E-state index contributed by atoms with van der Waals surface area (Å²) < 4.78 is 0. The van der Waals surface area contributed by atoms with Crippen LogP contribution in [0, 0.1) is 5.92 Å². The molecule has 0 aromatic heterocycles. The number of nitrogens with one attached hydrogen (secondary N) is 1. The van der Waals surface area contributed by atoms with E-state index in [4.69, 9.17) is 0 Å². The molecule has 1 atom stereocenters. The third-order valence-corrected chi connectivity index (χ3v) is 3.50. The molecular formula is C17H41N3. The molecule has 1 fully saturated rings. The molecule has 0 radical (unpaired) electrons. The molecular weight excluding hydrogens is 246 g/mol. The molecule has 1 aliphatic heterocycles. The van der Waals surface area contributed by atoms with Crippen LogP contribution in [0.25, 0.3) is 0 Å². The van der Waals surface area contributed by atoms with Crippen LogP contribution in [-0.2, 0) is 0 Å². The van der Waals surface area contributed by atoms with Gasteiger partial charge in [-0.3, -0.25) is 0 Å². The Balaban J connectivity index is 0. The van der Waals surface area contributed by atoms with E-state index < -0.39 is 0 Å². The summed E-state index contributed by atoms with van der Waals surface area (Å²) in [6.07, 6.45) is 2.54. The first-order valence-electron chi connectivity index (χ1n) is 8.80. The Kier molecular flexibility index (Phi) is 18.8. The van der Waals surface area contributed by atoms with Gasteiger partial charge in [-0.15, -0.1) is 0 Å². The normalized spacial score (nSPS) is 17.6. The van der Waals surface area contributed by atoms with Crippen molar-refractivity contribution in [2.75, 3.05) is 52.9 Å². The summed E-state index contributed by atoms with van der Waals surface area (Å²) in [6.45, 7) is 21.5. The van der Waals surface area contributed by atoms with E-state index in [1.165, 1.54) is 52.1 Å². The lowest BCUT2D eigenvalue weighted by molar-refractivity contribution is 0.121. The van der Waals surface area contributed by atoms with Gasteiger partial charge in [0.2, 0.25) is 0 Å². The third-order valence-electron chi connectivity index (χ3n) is 3.50. The molecule has 0 amide bonds. The lowest BCUT2D eigenvalue weighted by Gasteiger charge is -2.35. The van der Waals surface area contributed by atoms with E-state index in [0.29, 0.717) is 0 Å². The zero-order valence-electron chi connectivity index (χ0n) is 15.3. The number of likely N-dealkylation sites (N-methyl/N-ethyl adjacent to an activating group) is 1. The summed E-state index contributed by atoms with van der Waals surface area (Å²) in [6, 6.07) is 0. The van der Waals surface area contributed by atoms with Crippen molar-refractivity contribution in [3.8, 4) is 0 Å². The summed E-state index contributed by atoms with van der Waals surface area (Å²) in [5.41, 5.74) is 0. The van der Waals surface area contributed by atoms with Crippen molar-refractivity contribution in [1.29, 1.82) is 0 Å². The zero-order chi connectivity index (χ0) is 15.8. The molecule has 0 unspecified atom stereocenters. The highest BCUT2D eigenvalue weighted by molar-refractivity contribution is 4.74. The predicted octanol–water partition coefficient (Wildman–Crippen LogP) is 3.31. The molecule has 0 spiro atoms. The van der Waals surface area contributed by atoms with Crippen LogP contribution in [0.5, 0.6) is 0 Å². The first kappa shape index (κ1) is 22.2. The summed E-state index contributed by atoms with van der Waals surface area (Å²) in [5, 5.41) is 3.29. The third kappa shape index (κ3) is 11.7. The van der Waals surface area contributed by atoms with Crippen molar-refractivity contribution in [2.24, 2.45) is 5.92 Å². The number of hydrogen-bond acceptors (Lipinski definition) is 3. The molecule has 0 aromatic rings. The molecule has 0 aliphatic carbocycles. The molecule has 1 rings (SSSR count). The molecule has 3 nitrogen and oxygen atoms in total. The maximum atomic E-state index is 3.29. The highest BCUT2D eigenvalue weighted by atomic mass is 15.3. The molecule has 124 valence electrons. The molecule has 1 heterocycles. The average Bonchev–Trinajstić information content (AvgIpc) is 2.50. The molecule has 20 heavy (non-hydrogen) atoms. The van der Waals surface area contributed by atoms with Crippen LogP contribution in [0.4, 0.5) is 0 Å². The van der Waals surface area contributed by atoms with Crippen molar-refractivity contribution >= 4 is 0 Å². The second kappa shape index (κ2) is 16.9. The number of piperazine rings is 1. The summed E-state index contributed by atoms with van der Waals surface area (Å²) in [7, 11) is 2.05. The Bertz CT molecular complexity index is 166. The predicted molar refractivity (Wildman–Crippen MR) is 93.6 cm³/mol. The molecule has 0 bridgehead atoms. The highest BCUT2D eigenvalue weighted by Crippen LogP contribution is 2.08. The van der Waals surface area contributed by atoms with Crippen LogP contribution in [0.1, 0.15) is 54.4 Å². The molecule has 3 heteroatoms. The largest absolute Gasteiger partial charge is 0.319 e. The van der Waals surface area contributed by atoms with Crippen molar-refractivity contribution in [3.63, 3.8) is 0 Å². The van der Waals surface area contributed by atoms with Crippen LogP contribution in [0.3, 0.4) is 0 Å². The van der Waals surface area contributed by atoms with Gasteiger partial charge in [-0.2, -0.15) is 0 Å². The fraction of sp³-hybridized carbons (Fsp3) is 1.00. The van der Waals surface area contributed by atoms with Gasteiger partial charge in [0.15, 0.2) is 0 Å². The second-order valence-corrected chi connectivity index (χ2v) is 5.27. The molecule has 1 saturated heterocycles. The minimum Gasteiger partial charge on any atom is -0.319 e. The van der Waals surface area contributed by atoms with E-state index in [1.807, 2.05) is 13.8 Å². The molecule has 1 aliphatic rings. The van der Waals surface area contributed by atoms with Gasteiger partial charge in [-0.25, -0.2) is 0 Å². The quantitative estimate of drug-likeness (QED) is 0.808. The van der Waals surface area contributed by atoms with Crippen LogP contribution in [0.2, 0.25) is 0 Å². The lowest BCUT2D eigenvalue weighted by Crippen LogP contribution is -2.48. The summed E-state index contributed by atoms with van der Waals surface area (Å²) >= 11 is 0. The molecule has 0 saturated carbocycles. The Hall–Kier alpha value is -0.120. The highest BCUT2D eigenvalue weighted by Gasteiger charge is 2.17. The number of hydrogen-bond donors (Lipinski definition) is 1. The first-order chi connectivity index (χ1) is 9.71. The Morgan fingerprint density at radius 2 is 1.35 bits per heavy atom. The monoisotopic (exact) mass is 287 g/mol. The van der Waals surface area contributed by atoms with Crippen LogP contribution in [0.15, 0.2) is 0 Å². The van der Waals surface area contributed by atoms with E-state index in [1.54, 1.807) is 0 Å². The zero-order valence-corrected chi connectivity index (χ0v) is 15.3. The number of rotatable bonds is 6. The fourth-order valence-corrected chi connectivity index (χ4v) is 2.28. The SMILES string of the molecule is CC.CCC.CC[C@@H](CNC)CN1CCN(CC)CC1. The second-order valence-electron chi connectivity index (χ2n) is 5.27. The minimum absolute atomic E-state index is 0.822. The van der Waals surface area contributed by atoms with Gasteiger partial charge < -0.3 is 15.1 Å². The van der Waals surface area contributed by atoms with Crippen molar-refractivity contribution in [2.45, 2.75) is 54.4 Å². The minimum atomic E-state index is 0.822. The van der Waals surface area contributed by atoms with Gasteiger partial charge in [0.05, 0.1) is 0 Å². The van der Waals surface area contributed by atoms with Crippen molar-refractivity contribution in [3.05, 3.63) is 0 Å².